The number of amides is 1. The fourth-order valence-electron chi connectivity index (χ4n) is 3.13. The molecule has 0 aliphatic rings. The molecule has 9 heteroatoms. The van der Waals surface area contributed by atoms with E-state index in [1.165, 1.54) is 17.7 Å². The van der Waals surface area contributed by atoms with Crippen LogP contribution in [0, 0.1) is 17.0 Å². The van der Waals surface area contributed by atoms with Crippen LogP contribution in [0.4, 0.5) is 11.4 Å². The lowest BCUT2D eigenvalue weighted by Crippen LogP contribution is -2.41. The number of rotatable bonds is 7. The van der Waals surface area contributed by atoms with Gasteiger partial charge in [-0.2, -0.15) is 0 Å². The Balaban J connectivity index is 2.22. The molecular formula is C22H29N3O5S. The van der Waals surface area contributed by atoms with Crippen molar-refractivity contribution >= 4 is 27.3 Å². The third kappa shape index (κ3) is 6.27. The molecule has 31 heavy (non-hydrogen) atoms. The molecule has 2 aromatic carbocycles. The Morgan fingerprint density at radius 1 is 1.16 bits per heavy atom. The summed E-state index contributed by atoms with van der Waals surface area (Å²) in [5.41, 5.74) is 2.43. The highest BCUT2D eigenvalue weighted by atomic mass is 32.2. The standard InChI is InChI=1S/C22H29N3O5S/c1-15-7-12-19(25(27)28)13-20(15)24(31(6,29)30)14-21(26)23-16(2)17-8-10-18(11-9-17)22(3,4)5/h7-13,16H,14H2,1-6H3,(H,23,26)/t16-/m0/s1. The van der Waals surface area contributed by atoms with Crippen LogP contribution < -0.4 is 9.62 Å². The van der Waals surface area contributed by atoms with Crippen LogP contribution in [0.1, 0.15) is 50.4 Å². The molecule has 0 fully saturated rings. The lowest BCUT2D eigenvalue weighted by molar-refractivity contribution is -0.384. The van der Waals surface area contributed by atoms with E-state index >= 15 is 0 Å². The maximum absolute atomic E-state index is 12.7. The number of non-ortho nitro benzene ring substituents is 1. The van der Waals surface area contributed by atoms with Crippen LogP contribution in [0.25, 0.3) is 0 Å². The van der Waals surface area contributed by atoms with Crippen molar-refractivity contribution < 1.29 is 18.1 Å². The summed E-state index contributed by atoms with van der Waals surface area (Å²) < 4.78 is 25.6. The van der Waals surface area contributed by atoms with Crippen molar-refractivity contribution in [3.05, 3.63) is 69.3 Å². The van der Waals surface area contributed by atoms with Gasteiger partial charge in [0.1, 0.15) is 6.54 Å². The number of carbonyl (C=O) groups excluding carboxylic acids is 1. The number of anilines is 1. The van der Waals surface area contributed by atoms with E-state index in [0.29, 0.717) is 5.56 Å². The second-order valence-corrected chi connectivity index (χ2v) is 10.6. The second-order valence-electron chi connectivity index (χ2n) is 8.66. The number of nitrogens with zero attached hydrogens (tertiary/aromatic N) is 2. The molecule has 8 nitrogen and oxygen atoms in total. The van der Waals surface area contributed by atoms with E-state index in [2.05, 4.69) is 26.1 Å². The lowest BCUT2D eigenvalue weighted by Gasteiger charge is -2.25. The first-order chi connectivity index (χ1) is 14.2. The van der Waals surface area contributed by atoms with Gasteiger partial charge in [0, 0.05) is 12.1 Å². The first kappa shape index (κ1) is 24.3. The van der Waals surface area contributed by atoms with Gasteiger partial charge in [-0.25, -0.2) is 8.42 Å². The highest BCUT2D eigenvalue weighted by Crippen LogP contribution is 2.28. The summed E-state index contributed by atoms with van der Waals surface area (Å²) in [5, 5.41) is 13.9. The summed E-state index contributed by atoms with van der Waals surface area (Å²) in [5.74, 6) is -0.510. The number of nitro groups is 1. The van der Waals surface area contributed by atoms with Crippen molar-refractivity contribution in [3.8, 4) is 0 Å². The molecule has 2 rings (SSSR count). The molecule has 1 amide bonds. The smallest absolute Gasteiger partial charge is 0.271 e. The van der Waals surface area contributed by atoms with E-state index in [1.54, 1.807) is 6.92 Å². The third-order valence-electron chi connectivity index (χ3n) is 5.01. The third-order valence-corrected chi connectivity index (χ3v) is 6.14. The first-order valence-electron chi connectivity index (χ1n) is 9.82. The topological polar surface area (TPSA) is 110 Å². The van der Waals surface area contributed by atoms with Gasteiger partial charge >= 0.3 is 0 Å². The maximum Gasteiger partial charge on any atom is 0.271 e. The van der Waals surface area contributed by atoms with Gasteiger partial charge in [0.05, 0.1) is 22.9 Å². The minimum Gasteiger partial charge on any atom is -0.348 e. The molecule has 0 bridgehead atoms. The van der Waals surface area contributed by atoms with E-state index < -0.39 is 27.4 Å². The summed E-state index contributed by atoms with van der Waals surface area (Å²) >= 11 is 0. The van der Waals surface area contributed by atoms with E-state index in [9.17, 15) is 23.3 Å². The number of nitrogens with one attached hydrogen (secondary N) is 1. The lowest BCUT2D eigenvalue weighted by atomic mass is 9.86. The summed E-state index contributed by atoms with van der Waals surface area (Å²) in [6, 6.07) is 11.5. The van der Waals surface area contributed by atoms with Gasteiger partial charge in [0.15, 0.2) is 0 Å². The van der Waals surface area contributed by atoms with Crippen molar-refractivity contribution in [3.63, 3.8) is 0 Å². The molecule has 0 aliphatic heterocycles. The number of hydrogen-bond donors (Lipinski definition) is 1. The number of sulfonamides is 1. The Morgan fingerprint density at radius 3 is 2.23 bits per heavy atom. The molecule has 0 radical (unpaired) electrons. The Hall–Kier alpha value is -2.94. The van der Waals surface area contributed by atoms with Crippen molar-refractivity contribution in [2.75, 3.05) is 17.1 Å². The van der Waals surface area contributed by atoms with E-state index in [4.69, 9.17) is 0 Å². The Bertz CT molecular complexity index is 1070. The van der Waals surface area contributed by atoms with E-state index in [1.807, 2.05) is 31.2 Å². The fraction of sp³-hybridized carbons (Fsp3) is 0.409. The molecule has 0 aliphatic carbocycles. The molecule has 0 saturated carbocycles. The molecule has 0 spiro atoms. The molecule has 0 heterocycles. The minimum absolute atomic E-state index is 0.0111. The van der Waals surface area contributed by atoms with Gasteiger partial charge in [0.25, 0.3) is 5.69 Å². The van der Waals surface area contributed by atoms with E-state index in [0.717, 1.165) is 22.2 Å². The number of hydrogen-bond acceptors (Lipinski definition) is 5. The van der Waals surface area contributed by atoms with Gasteiger partial charge in [0.2, 0.25) is 15.9 Å². The van der Waals surface area contributed by atoms with Crippen molar-refractivity contribution in [1.29, 1.82) is 0 Å². The zero-order chi connectivity index (χ0) is 23.6. The highest BCUT2D eigenvalue weighted by molar-refractivity contribution is 7.92. The number of nitro benzene ring substituents is 1. The quantitative estimate of drug-likeness (QED) is 0.512. The van der Waals surface area contributed by atoms with E-state index in [-0.39, 0.29) is 22.8 Å². The monoisotopic (exact) mass is 447 g/mol. The number of carbonyl (C=O) groups is 1. The van der Waals surface area contributed by atoms with Crippen LogP contribution in [0.2, 0.25) is 0 Å². The normalized spacial score (nSPS) is 12.8. The molecule has 0 unspecified atom stereocenters. The van der Waals surface area contributed by atoms with Gasteiger partial charge < -0.3 is 5.32 Å². The van der Waals surface area contributed by atoms with Crippen LogP contribution in [-0.2, 0) is 20.2 Å². The Morgan fingerprint density at radius 2 is 1.74 bits per heavy atom. The average Bonchev–Trinajstić information content (AvgIpc) is 2.65. The molecule has 1 atom stereocenters. The first-order valence-corrected chi connectivity index (χ1v) is 11.7. The van der Waals surface area contributed by atoms with Crippen LogP contribution in [0.15, 0.2) is 42.5 Å². The fourth-order valence-corrected chi connectivity index (χ4v) is 4.04. The van der Waals surface area contributed by atoms with Crippen LogP contribution >= 0.6 is 0 Å². The number of benzene rings is 2. The summed E-state index contributed by atoms with van der Waals surface area (Å²) in [6.07, 6.45) is 0.965. The molecule has 0 aromatic heterocycles. The van der Waals surface area contributed by atoms with Gasteiger partial charge in [-0.15, -0.1) is 0 Å². The largest absolute Gasteiger partial charge is 0.348 e. The molecule has 1 N–H and O–H groups in total. The van der Waals surface area contributed by atoms with Crippen LogP contribution in [0.3, 0.4) is 0 Å². The van der Waals surface area contributed by atoms with Gasteiger partial charge in [-0.05, 0) is 36.0 Å². The molecule has 0 saturated heterocycles. The molecule has 168 valence electrons. The van der Waals surface area contributed by atoms with Crippen molar-refractivity contribution in [1.82, 2.24) is 5.32 Å². The summed E-state index contributed by atoms with van der Waals surface area (Å²) in [6.45, 7) is 9.31. The van der Waals surface area contributed by atoms with Crippen LogP contribution in [-0.4, -0.2) is 32.0 Å². The predicted molar refractivity (Wildman–Crippen MR) is 122 cm³/mol. The molecular weight excluding hydrogens is 418 g/mol. The Labute approximate surface area is 183 Å². The summed E-state index contributed by atoms with van der Waals surface area (Å²) in [4.78, 5) is 23.2. The maximum atomic E-state index is 12.7. The highest BCUT2D eigenvalue weighted by Gasteiger charge is 2.25. The Kier molecular flexibility index (Phi) is 7.10. The average molecular weight is 448 g/mol. The molecule has 2 aromatic rings. The number of aryl methyl sites for hydroxylation is 1. The SMILES string of the molecule is Cc1ccc([N+](=O)[O-])cc1N(CC(=O)N[C@@H](C)c1ccc(C(C)(C)C)cc1)S(C)(=O)=O. The zero-order valence-electron chi connectivity index (χ0n) is 18.7. The predicted octanol–water partition coefficient (Wildman–Crippen LogP) is 3.84. The second kappa shape index (κ2) is 9.05. The van der Waals surface area contributed by atoms with Gasteiger partial charge in [-0.1, -0.05) is 51.1 Å². The zero-order valence-corrected chi connectivity index (χ0v) is 19.5. The minimum atomic E-state index is -3.85. The van der Waals surface area contributed by atoms with Crippen molar-refractivity contribution in [2.45, 2.75) is 46.1 Å². The van der Waals surface area contributed by atoms with Gasteiger partial charge in [-0.3, -0.25) is 19.2 Å². The summed E-state index contributed by atoms with van der Waals surface area (Å²) in [7, 11) is -3.85. The van der Waals surface area contributed by atoms with Crippen LogP contribution in [0.5, 0.6) is 0 Å². The van der Waals surface area contributed by atoms with Crippen molar-refractivity contribution in [2.24, 2.45) is 0 Å².